The Labute approximate surface area is 341 Å². The maximum Gasteiger partial charge on any atom is 0.416 e. The molecule has 0 spiro atoms. The molecule has 6 rings (SSSR count). The second-order valence-corrected chi connectivity index (χ2v) is 15.4. The van der Waals surface area contributed by atoms with Crippen molar-refractivity contribution in [3.63, 3.8) is 0 Å². The van der Waals surface area contributed by atoms with Crippen molar-refractivity contribution in [1.29, 1.82) is 0 Å². The van der Waals surface area contributed by atoms with Crippen molar-refractivity contribution in [1.82, 2.24) is 9.97 Å². The number of halogens is 7. The zero-order chi connectivity index (χ0) is 41.8. The fourth-order valence-electron chi connectivity index (χ4n) is 5.48. The highest BCUT2D eigenvalue weighted by Crippen LogP contribution is 2.36. The molecule has 0 radical (unpaired) electrons. The van der Waals surface area contributed by atoms with Crippen LogP contribution in [0.4, 0.5) is 32.0 Å². The molecule has 4 aromatic carbocycles. The summed E-state index contributed by atoms with van der Waals surface area (Å²) in [6.07, 6.45) is -9.06. The van der Waals surface area contributed by atoms with Gasteiger partial charge in [0.15, 0.2) is 0 Å². The molecule has 17 heteroatoms. The number of benzene rings is 4. The average Bonchev–Trinajstić information content (AvgIpc) is 3.74. The number of alkyl halides is 6. The van der Waals surface area contributed by atoms with Crippen molar-refractivity contribution in [3.8, 4) is 27.8 Å². The Hall–Kier alpha value is -5.32. The first kappa shape index (κ1) is 42.3. The minimum Gasteiger partial charge on any atom is -0.488 e. The number of anilines is 1. The van der Waals surface area contributed by atoms with Crippen LogP contribution in [0.3, 0.4) is 0 Å². The number of rotatable bonds is 13. The van der Waals surface area contributed by atoms with Crippen molar-refractivity contribution in [3.05, 3.63) is 135 Å². The van der Waals surface area contributed by atoms with E-state index in [9.17, 15) is 35.9 Å². The average molecular weight is 860 g/mol. The molecule has 0 saturated carbocycles. The van der Waals surface area contributed by atoms with Crippen LogP contribution in [0.2, 0.25) is 5.02 Å². The van der Waals surface area contributed by atoms with Gasteiger partial charge in [-0.3, -0.25) is 4.79 Å². The lowest BCUT2D eigenvalue weighted by Crippen LogP contribution is -2.29. The van der Waals surface area contributed by atoms with Gasteiger partial charge in [-0.25, -0.2) is 14.8 Å². The summed E-state index contributed by atoms with van der Waals surface area (Å²) in [7, 11) is 1.66. The summed E-state index contributed by atoms with van der Waals surface area (Å²) in [4.78, 5) is 37.2. The van der Waals surface area contributed by atoms with Crippen LogP contribution in [0.5, 0.6) is 5.75 Å². The number of hydrogen-bond acceptors (Lipinski definition) is 10. The van der Waals surface area contributed by atoms with Crippen molar-refractivity contribution in [2.24, 2.45) is 0 Å². The summed E-state index contributed by atoms with van der Waals surface area (Å²) in [6.45, 7) is 3.52. The first-order valence-electron chi connectivity index (χ1n) is 17.3. The van der Waals surface area contributed by atoms with E-state index in [2.05, 4.69) is 9.97 Å². The van der Waals surface area contributed by atoms with E-state index in [1.165, 1.54) is 47.4 Å². The number of likely N-dealkylation sites (N-methyl/N-ethyl adjacent to an activating group) is 1. The molecule has 0 saturated heterocycles. The molecule has 8 nitrogen and oxygen atoms in total. The Balaban J connectivity index is 0.947. The third kappa shape index (κ3) is 10.8. The van der Waals surface area contributed by atoms with Gasteiger partial charge in [-0.1, -0.05) is 29.8 Å². The zero-order valence-corrected chi connectivity index (χ0v) is 33.2. The minimum atomic E-state index is -4.45. The van der Waals surface area contributed by atoms with Gasteiger partial charge in [0.05, 0.1) is 44.6 Å². The molecule has 2 aromatic heterocycles. The predicted molar refractivity (Wildman–Crippen MR) is 209 cm³/mol. The van der Waals surface area contributed by atoms with E-state index >= 15 is 0 Å². The van der Waals surface area contributed by atoms with Crippen LogP contribution >= 0.6 is 34.7 Å². The van der Waals surface area contributed by atoms with Crippen LogP contribution in [0.25, 0.3) is 22.0 Å². The number of carbonyl (C=O) groups is 2. The summed E-state index contributed by atoms with van der Waals surface area (Å²) in [5, 5.41) is 0.943. The van der Waals surface area contributed by atoms with Gasteiger partial charge < -0.3 is 18.8 Å². The van der Waals surface area contributed by atoms with Crippen LogP contribution in [-0.2, 0) is 45.5 Å². The van der Waals surface area contributed by atoms with E-state index in [1.807, 2.05) is 0 Å². The number of nitrogens with zero attached hydrogens (tertiary/aromatic N) is 3. The number of ether oxygens (including phenoxy) is 2. The molecule has 302 valence electrons. The van der Waals surface area contributed by atoms with E-state index in [0.717, 1.165) is 29.1 Å². The van der Waals surface area contributed by atoms with Gasteiger partial charge in [-0.2, -0.15) is 26.3 Å². The second kappa shape index (κ2) is 17.7. The molecule has 0 bridgehead atoms. The summed E-state index contributed by atoms with van der Waals surface area (Å²) < 4.78 is 94.4. The van der Waals surface area contributed by atoms with Crippen molar-refractivity contribution >= 4 is 52.3 Å². The van der Waals surface area contributed by atoms with Crippen LogP contribution < -0.4 is 9.64 Å². The molecule has 0 unspecified atom stereocenters. The van der Waals surface area contributed by atoms with Gasteiger partial charge in [0, 0.05) is 28.8 Å². The van der Waals surface area contributed by atoms with Crippen molar-refractivity contribution < 1.29 is 49.8 Å². The van der Waals surface area contributed by atoms with Gasteiger partial charge in [-0.05, 0) is 92.2 Å². The minimum absolute atomic E-state index is 0.195. The van der Waals surface area contributed by atoms with E-state index in [-0.39, 0.29) is 25.5 Å². The molecule has 0 atom stereocenters. The summed E-state index contributed by atoms with van der Waals surface area (Å²) >= 11 is 9.18. The summed E-state index contributed by atoms with van der Waals surface area (Å²) in [5.74, 6) is 0.0881. The van der Waals surface area contributed by atoms with Gasteiger partial charge in [0.1, 0.15) is 29.7 Å². The van der Waals surface area contributed by atoms with Gasteiger partial charge >= 0.3 is 24.3 Å². The fourth-order valence-corrected chi connectivity index (χ4v) is 7.75. The smallest absolute Gasteiger partial charge is 0.416 e. The number of thiazole rings is 1. The Morgan fingerprint density at radius 1 is 0.810 bits per heavy atom. The highest BCUT2D eigenvalue weighted by molar-refractivity contribution is 7.98. The van der Waals surface area contributed by atoms with Crippen LogP contribution in [0.15, 0.2) is 100 Å². The Kier molecular flexibility index (Phi) is 12.9. The van der Waals surface area contributed by atoms with Crippen LogP contribution in [-0.4, -0.2) is 35.5 Å². The quantitative estimate of drug-likeness (QED) is 0.0487. The summed E-state index contributed by atoms with van der Waals surface area (Å²) in [6, 6.07) is 21.3. The number of carbonyl (C=O) groups excluding carboxylic acids is 2. The van der Waals surface area contributed by atoms with Crippen molar-refractivity contribution in [2.75, 3.05) is 18.5 Å². The van der Waals surface area contributed by atoms with E-state index in [0.29, 0.717) is 66.0 Å². The lowest BCUT2D eigenvalue weighted by Gasteiger charge is -2.18. The van der Waals surface area contributed by atoms with E-state index < -0.39 is 35.4 Å². The number of aryl methyl sites for hydroxylation is 2. The SMILES string of the molecule is Cc1nc(-c2ccc(C(F)(F)F)cc2)oc1CSc1ccc(CC(=O)OC(=O)CN(C)c2ccc(OCc3sc(-c4ccc(C(F)(F)F)cc4)nc3C)cc2)cc1Cl. The standard InChI is InChI=1S/C41H32ClF6N3O5S2/c1-23-33(55-38(49-23)26-5-9-28(10-6-26)40(43,44)45)22-57-34-17-4-25(18-32(34)42)19-36(52)56-37(53)20-51(3)30-13-15-31(16-14-30)54-21-35-24(2)50-39(58-35)27-7-11-29(12-8-27)41(46,47)48/h4-18H,19-22H2,1-3H3. The third-order valence-corrected chi connectivity index (χ3v) is 11.3. The molecule has 0 N–H and O–H groups in total. The molecular formula is C41H32ClF6N3O5S2. The van der Waals surface area contributed by atoms with E-state index in [4.69, 9.17) is 25.5 Å². The van der Waals surface area contributed by atoms with Gasteiger partial charge in [0.25, 0.3) is 0 Å². The maximum absolute atomic E-state index is 12.9. The Morgan fingerprint density at radius 2 is 1.43 bits per heavy atom. The normalized spacial score (nSPS) is 11.8. The third-order valence-electron chi connectivity index (χ3n) is 8.65. The zero-order valence-electron chi connectivity index (χ0n) is 30.8. The highest BCUT2D eigenvalue weighted by atomic mass is 35.5. The number of hydrogen-bond donors (Lipinski definition) is 0. The van der Waals surface area contributed by atoms with Gasteiger partial charge in [-0.15, -0.1) is 23.1 Å². The molecule has 0 aliphatic carbocycles. The number of aromatic nitrogens is 2. The summed E-state index contributed by atoms with van der Waals surface area (Å²) in [5.41, 5.74) is 1.96. The first-order chi connectivity index (χ1) is 27.4. The lowest BCUT2D eigenvalue weighted by molar-refractivity contribution is -0.158. The Morgan fingerprint density at radius 3 is 2.03 bits per heavy atom. The van der Waals surface area contributed by atoms with E-state index in [1.54, 1.807) is 68.3 Å². The predicted octanol–water partition coefficient (Wildman–Crippen LogP) is 11.4. The molecule has 0 aliphatic rings. The fraction of sp³-hybridized carbons (Fsp3) is 0.220. The number of thioether (sulfide) groups is 1. The maximum atomic E-state index is 12.9. The molecule has 0 amide bonds. The van der Waals surface area contributed by atoms with Gasteiger partial charge in [0.2, 0.25) is 5.89 Å². The molecular weight excluding hydrogens is 828 g/mol. The lowest BCUT2D eigenvalue weighted by atomic mass is 10.1. The molecule has 6 aromatic rings. The first-order valence-corrected chi connectivity index (χ1v) is 19.5. The topological polar surface area (TPSA) is 94.8 Å². The highest BCUT2D eigenvalue weighted by Gasteiger charge is 2.31. The Bertz CT molecular complexity index is 2400. The second-order valence-electron chi connectivity index (χ2n) is 12.9. The monoisotopic (exact) mass is 859 g/mol. The van der Waals surface area contributed by atoms with Crippen LogP contribution in [0.1, 0.15) is 38.7 Å². The molecule has 0 aliphatic heterocycles. The van der Waals surface area contributed by atoms with Crippen molar-refractivity contribution in [2.45, 2.75) is 49.9 Å². The molecule has 2 heterocycles. The number of oxazole rings is 1. The molecule has 58 heavy (non-hydrogen) atoms. The van der Waals surface area contributed by atoms with Crippen LogP contribution in [0, 0.1) is 13.8 Å². The number of esters is 2. The molecule has 0 fully saturated rings. The largest absolute Gasteiger partial charge is 0.488 e.